The number of aliphatic imine (C=N–C) groups is 1. The Morgan fingerprint density at radius 2 is 1.77 bits per heavy atom. The molecule has 39 heavy (non-hydrogen) atoms. The van der Waals surface area contributed by atoms with Crippen LogP contribution in [0.1, 0.15) is 11.1 Å². The fourth-order valence-electron chi connectivity index (χ4n) is 3.78. The van der Waals surface area contributed by atoms with Gasteiger partial charge in [-0.2, -0.15) is 13.2 Å². The van der Waals surface area contributed by atoms with Gasteiger partial charge in [0, 0.05) is 25.7 Å². The molecule has 8 nitrogen and oxygen atoms in total. The molecule has 0 bridgehead atoms. The summed E-state index contributed by atoms with van der Waals surface area (Å²) in [4.78, 5) is 27.8. The highest BCUT2D eigenvalue weighted by Gasteiger charge is 2.41. The number of nitrogens with one attached hydrogen (secondary N) is 1. The highest BCUT2D eigenvalue weighted by atomic mass is 79.9. The Labute approximate surface area is 239 Å². The van der Waals surface area contributed by atoms with Crippen molar-refractivity contribution in [1.29, 1.82) is 0 Å². The van der Waals surface area contributed by atoms with E-state index >= 15 is 0 Å². The second-order valence-electron chi connectivity index (χ2n) is 8.39. The van der Waals surface area contributed by atoms with E-state index in [1.165, 1.54) is 0 Å². The minimum Gasteiger partial charge on any atom is -0.496 e. The number of esters is 1. The highest BCUT2D eigenvalue weighted by molar-refractivity contribution is 9.11. The summed E-state index contributed by atoms with van der Waals surface area (Å²) in [5.74, 6) is -1.62. The number of hydrogen-bond acceptors (Lipinski definition) is 7. The van der Waals surface area contributed by atoms with Crippen LogP contribution >= 0.6 is 31.9 Å². The number of carbonyl (C=O) groups excluding carboxylic acids is 2. The smallest absolute Gasteiger partial charge is 0.471 e. The van der Waals surface area contributed by atoms with Crippen molar-refractivity contribution >= 4 is 50.0 Å². The summed E-state index contributed by atoms with van der Waals surface area (Å²) in [5, 5.41) is 1.67. The van der Waals surface area contributed by atoms with E-state index in [-0.39, 0.29) is 18.6 Å². The third-order valence-corrected chi connectivity index (χ3v) is 6.84. The molecule has 0 spiro atoms. The van der Waals surface area contributed by atoms with Crippen LogP contribution in [0.15, 0.2) is 56.4 Å². The molecule has 0 saturated heterocycles. The van der Waals surface area contributed by atoms with Crippen LogP contribution in [-0.2, 0) is 31.9 Å². The zero-order chi connectivity index (χ0) is 28.7. The average Bonchev–Trinajstić information content (AvgIpc) is 2.90. The van der Waals surface area contributed by atoms with Gasteiger partial charge in [-0.3, -0.25) is 9.79 Å². The summed E-state index contributed by atoms with van der Waals surface area (Å²) in [6, 6.07) is 6.98. The number of allylic oxidation sites excluding steroid dienone is 1. The van der Waals surface area contributed by atoms with Gasteiger partial charge in [0.05, 0.1) is 23.2 Å². The summed E-state index contributed by atoms with van der Waals surface area (Å²) in [6.45, 7) is 0. The zero-order valence-corrected chi connectivity index (χ0v) is 24.2. The molecule has 2 aromatic rings. The fourth-order valence-corrected chi connectivity index (χ4v) is 5.22. The molecule has 0 fully saturated rings. The topological polar surface area (TPSA) is 95.5 Å². The molecule has 1 amide bonds. The van der Waals surface area contributed by atoms with Gasteiger partial charge in [0.2, 0.25) is 0 Å². The van der Waals surface area contributed by atoms with Gasteiger partial charge in [0.1, 0.15) is 17.5 Å². The molecule has 3 atom stereocenters. The first-order chi connectivity index (χ1) is 18.4. The Morgan fingerprint density at radius 3 is 2.31 bits per heavy atom. The van der Waals surface area contributed by atoms with E-state index in [9.17, 15) is 22.8 Å². The molecule has 210 valence electrons. The van der Waals surface area contributed by atoms with Gasteiger partial charge in [-0.1, -0.05) is 6.08 Å². The van der Waals surface area contributed by atoms with Crippen LogP contribution in [0.2, 0.25) is 0 Å². The second kappa shape index (κ2) is 13.4. The van der Waals surface area contributed by atoms with Crippen LogP contribution in [-0.4, -0.2) is 57.9 Å². The van der Waals surface area contributed by atoms with Gasteiger partial charge in [-0.05, 0) is 85.8 Å². The van der Waals surface area contributed by atoms with E-state index in [1.807, 2.05) is 24.4 Å². The maximum Gasteiger partial charge on any atom is 0.471 e. The van der Waals surface area contributed by atoms with Gasteiger partial charge in [-0.25, -0.2) is 4.79 Å². The Kier molecular flexibility index (Phi) is 10.6. The number of carbonyl (C=O) groups is 2. The first-order valence-corrected chi connectivity index (χ1v) is 13.1. The fraction of sp³-hybridized carbons (Fsp3) is 0.346. The van der Waals surface area contributed by atoms with Crippen LogP contribution in [0.4, 0.5) is 13.2 Å². The molecule has 0 saturated carbocycles. The van der Waals surface area contributed by atoms with Crippen LogP contribution in [0, 0.1) is 5.92 Å². The van der Waals surface area contributed by atoms with E-state index in [2.05, 4.69) is 41.6 Å². The standard InChI is InChI=1S/C26H25Br2F3N2O6/c1-36-21-6-5-17(12-16(21)8-14-4-7-22(37-2)32-13-14)39-23-18(27)9-15(10-19(23)28)11-20(24(34)38-3)33-25(35)26(29,30)31/h4-7,9-10,12-14,20,22H,8,11H2,1-3H3,(H,33,35)/t14?,20-,22?/m0/s1. The van der Waals surface area contributed by atoms with Crippen molar-refractivity contribution in [2.75, 3.05) is 21.3 Å². The molecular weight excluding hydrogens is 653 g/mol. The third-order valence-electron chi connectivity index (χ3n) is 5.66. The molecule has 0 aliphatic carbocycles. The van der Waals surface area contributed by atoms with Crippen LogP contribution < -0.4 is 14.8 Å². The summed E-state index contributed by atoms with van der Waals surface area (Å²) in [6.07, 6.45) is 0.640. The number of dihydropyridines is 1. The Bertz CT molecular complexity index is 1230. The summed E-state index contributed by atoms with van der Waals surface area (Å²) >= 11 is 6.84. The van der Waals surface area contributed by atoms with Crippen molar-refractivity contribution in [1.82, 2.24) is 5.32 Å². The molecule has 1 aliphatic heterocycles. The number of ether oxygens (including phenoxy) is 4. The quantitative estimate of drug-likeness (QED) is 0.262. The van der Waals surface area contributed by atoms with Gasteiger partial charge in [0.25, 0.3) is 0 Å². The van der Waals surface area contributed by atoms with Crippen LogP contribution in [0.5, 0.6) is 17.2 Å². The van der Waals surface area contributed by atoms with E-state index < -0.39 is 24.1 Å². The van der Waals surface area contributed by atoms with Gasteiger partial charge in [0.15, 0.2) is 12.0 Å². The molecule has 0 aromatic heterocycles. The van der Waals surface area contributed by atoms with Crippen molar-refractivity contribution in [3.05, 3.63) is 62.6 Å². The van der Waals surface area contributed by atoms with E-state index in [0.717, 1.165) is 12.7 Å². The largest absolute Gasteiger partial charge is 0.496 e. The summed E-state index contributed by atoms with van der Waals surface area (Å²) < 4.78 is 60.5. The van der Waals surface area contributed by atoms with E-state index in [1.54, 1.807) is 43.8 Å². The van der Waals surface area contributed by atoms with E-state index in [4.69, 9.17) is 14.2 Å². The van der Waals surface area contributed by atoms with Crippen molar-refractivity contribution in [3.8, 4) is 17.2 Å². The highest BCUT2D eigenvalue weighted by Crippen LogP contribution is 2.39. The molecule has 0 radical (unpaired) electrons. The van der Waals surface area contributed by atoms with Crippen molar-refractivity contribution < 1.29 is 41.7 Å². The normalized spacial score (nSPS) is 17.4. The molecule has 2 aromatic carbocycles. The summed E-state index contributed by atoms with van der Waals surface area (Å²) in [5.41, 5.74) is 1.32. The number of hydrogen-bond donors (Lipinski definition) is 1. The van der Waals surface area contributed by atoms with Gasteiger partial charge < -0.3 is 24.3 Å². The maximum atomic E-state index is 12.7. The monoisotopic (exact) mass is 676 g/mol. The number of benzene rings is 2. The minimum absolute atomic E-state index is 0.0406. The van der Waals surface area contributed by atoms with Gasteiger partial charge >= 0.3 is 18.1 Å². The molecular formula is C26H25Br2F3N2O6. The van der Waals surface area contributed by atoms with Crippen molar-refractivity contribution in [3.63, 3.8) is 0 Å². The number of alkyl halides is 3. The Morgan fingerprint density at radius 1 is 1.08 bits per heavy atom. The van der Waals surface area contributed by atoms with Crippen molar-refractivity contribution in [2.45, 2.75) is 31.3 Å². The van der Waals surface area contributed by atoms with E-state index in [0.29, 0.717) is 38.2 Å². The SMILES string of the molecule is COC(=O)[C@H](Cc1cc(Br)c(Oc2ccc(OC)c(CC3C=CC(OC)N=C3)c2)c(Br)c1)NC(=O)C(F)(F)F. The molecule has 3 rings (SSSR count). The minimum atomic E-state index is -5.14. The molecule has 1 heterocycles. The summed E-state index contributed by atoms with van der Waals surface area (Å²) in [7, 11) is 4.19. The molecule has 2 unspecified atom stereocenters. The average molecular weight is 678 g/mol. The number of rotatable bonds is 10. The molecule has 1 aliphatic rings. The lowest BCUT2D eigenvalue weighted by Gasteiger charge is -2.19. The van der Waals surface area contributed by atoms with Crippen molar-refractivity contribution in [2.24, 2.45) is 10.9 Å². The first kappa shape index (κ1) is 30.6. The third kappa shape index (κ3) is 8.29. The van der Waals surface area contributed by atoms with Gasteiger partial charge in [-0.15, -0.1) is 0 Å². The second-order valence-corrected chi connectivity index (χ2v) is 10.1. The first-order valence-electron chi connectivity index (χ1n) is 11.5. The van der Waals surface area contributed by atoms with Crippen LogP contribution in [0.25, 0.3) is 0 Å². The predicted octanol–water partition coefficient (Wildman–Crippen LogP) is 5.55. The predicted molar refractivity (Wildman–Crippen MR) is 144 cm³/mol. The lowest BCUT2D eigenvalue weighted by Crippen LogP contribution is -2.48. The number of amides is 1. The number of halogens is 5. The molecule has 1 N–H and O–H groups in total. The van der Waals surface area contributed by atoms with Crippen LogP contribution in [0.3, 0.4) is 0 Å². The molecule has 13 heteroatoms. The zero-order valence-electron chi connectivity index (χ0n) is 21.1. The lowest BCUT2D eigenvalue weighted by molar-refractivity contribution is -0.175. The Hall–Kier alpha value is -2.90. The maximum absolute atomic E-state index is 12.7. The number of methoxy groups -OCH3 is 3. The number of nitrogens with zero attached hydrogens (tertiary/aromatic N) is 1. The lowest BCUT2D eigenvalue weighted by atomic mass is 9.97. The Balaban J connectivity index is 1.80.